The number of ether oxygens (including phenoxy) is 1. The third-order valence-corrected chi connectivity index (χ3v) is 6.52. The maximum absolute atomic E-state index is 9.24. The van der Waals surface area contributed by atoms with Gasteiger partial charge in [0.05, 0.1) is 31.8 Å². The molecule has 4 rings (SSSR count). The second-order valence-electron chi connectivity index (χ2n) is 8.99. The van der Waals surface area contributed by atoms with E-state index in [0.29, 0.717) is 30.3 Å². The number of rotatable bonds is 10. The lowest BCUT2D eigenvalue weighted by molar-refractivity contribution is -0.936. The Balaban J connectivity index is 1.81. The molecule has 0 aliphatic rings. The van der Waals surface area contributed by atoms with E-state index in [2.05, 4.69) is 53.7 Å². The number of pyridine rings is 1. The van der Waals surface area contributed by atoms with Crippen molar-refractivity contribution in [2.24, 2.45) is 0 Å². The van der Waals surface area contributed by atoms with Gasteiger partial charge in [0.15, 0.2) is 12.5 Å². The van der Waals surface area contributed by atoms with Crippen LogP contribution in [0.5, 0.6) is 5.75 Å². The molecule has 0 amide bonds. The molecule has 1 N–H and O–H groups in total. The molecular formula is C28H31N6OS+. The minimum absolute atomic E-state index is 0.318. The summed E-state index contributed by atoms with van der Waals surface area (Å²) in [6.45, 7) is 6.31. The van der Waals surface area contributed by atoms with Crippen LogP contribution in [0.15, 0.2) is 73.1 Å². The van der Waals surface area contributed by atoms with Crippen LogP contribution in [0.25, 0.3) is 17.1 Å². The Morgan fingerprint density at radius 2 is 1.86 bits per heavy atom. The summed E-state index contributed by atoms with van der Waals surface area (Å²) in [6, 6.07) is 22.5. The molecule has 2 aromatic carbocycles. The lowest BCUT2D eigenvalue weighted by atomic mass is 10.0. The molecular weight excluding hydrogens is 468 g/mol. The van der Waals surface area contributed by atoms with Crippen molar-refractivity contribution < 1.29 is 9.64 Å². The number of benzene rings is 2. The fraction of sp³-hybridized carbons (Fsp3) is 0.286. The predicted molar refractivity (Wildman–Crippen MR) is 142 cm³/mol. The van der Waals surface area contributed by atoms with Crippen LogP contribution in [-0.2, 0) is 13.2 Å². The van der Waals surface area contributed by atoms with Crippen molar-refractivity contribution in [2.45, 2.75) is 39.4 Å². The van der Waals surface area contributed by atoms with Crippen molar-refractivity contribution in [3.05, 3.63) is 89.0 Å². The fourth-order valence-corrected chi connectivity index (χ4v) is 4.58. The van der Waals surface area contributed by atoms with Gasteiger partial charge in [-0.1, -0.05) is 38.1 Å². The van der Waals surface area contributed by atoms with Crippen molar-refractivity contribution in [3.8, 4) is 28.9 Å². The summed E-state index contributed by atoms with van der Waals surface area (Å²) in [6.07, 6.45) is 4.08. The van der Waals surface area contributed by atoms with E-state index in [0.717, 1.165) is 34.9 Å². The van der Waals surface area contributed by atoms with E-state index >= 15 is 0 Å². The summed E-state index contributed by atoms with van der Waals surface area (Å²) >= 11 is 6.03. The normalized spacial score (nSPS) is 11.9. The Kier molecular flexibility index (Phi) is 8.26. The summed E-state index contributed by atoms with van der Waals surface area (Å²) in [5, 5.41) is 14.3. The first-order valence-corrected chi connectivity index (χ1v) is 12.5. The van der Waals surface area contributed by atoms with E-state index in [9.17, 15) is 5.26 Å². The second-order valence-corrected chi connectivity index (χ2v) is 9.35. The molecule has 8 heteroatoms. The zero-order chi connectivity index (χ0) is 25.5. The van der Waals surface area contributed by atoms with Crippen LogP contribution < -0.4 is 9.64 Å². The Hall–Kier alpha value is -3.80. The molecule has 0 saturated carbocycles. The van der Waals surface area contributed by atoms with Gasteiger partial charge in [0.25, 0.3) is 0 Å². The van der Waals surface area contributed by atoms with Crippen LogP contribution in [0.3, 0.4) is 0 Å². The third-order valence-electron chi connectivity index (χ3n) is 6.13. The van der Waals surface area contributed by atoms with Crippen LogP contribution in [0.4, 0.5) is 0 Å². The molecule has 0 radical (unpaired) electrons. The topological polar surface area (TPSA) is 73.1 Å². The summed E-state index contributed by atoms with van der Waals surface area (Å²) < 4.78 is 9.93. The fourth-order valence-electron chi connectivity index (χ4n) is 4.29. The van der Waals surface area contributed by atoms with Crippen molar-refractivity contribution in [1.29, 1.82) is 5.26 Å². The first kappa shape index (κ1) is 25.3. The van der Waals surface area contributed by atoms with Gasteiger partial charge in [0, 0.05) is 23.5 Å². The molecule has 36 heavy (non-hydrogen) atoms. The molecule has 0 bridgehead atoms. The first-order valence-electron chi connectivity index (χ1n) is 12.0. The lowest BCUT2D eigenvalue weighted by Crippen LogP contribution is -3.10. The van der Waals surface area contributed by atoms with Gasteiger partial charge in [0.1, 0.15) is 12.3 Å². The largest absolute Gasteiger partial charge is 0.497 e. The molecule has 0 aliphatic carbocycles. The Labute approximate surface area is 217 Å². The number of quaternary nitrogens is 1. The SMILES string of the molecule is COc1ccc(-c2nn(C[NH+](CCC#N)Cc3cccnc3)c(=S)n2-c2ccccc2C(C)C)cc1. The zero-order valence-electron chi connectivity index (χ0n) is 20.9. The number of methoxy groups -OCH3 is 1. The molecule has 0 saturated heterocycles. The maximum Gasteiger partial charge on any atom is 0.207 e. The van der Waals surface area contributed by atoms with Crippen LogP contribution in [-0.4, -0.2) is 33.0 Å². The zero-order valence-corrected chi connectivity index (χ0v) is 21.7. The second kappa shape index (κ2) is 11.8. The number of nitrogens with one attached hydrogen (secondary N) is 1. The number of para-hydroxylation sites is 1. The molecule has 1 unspecified atom stereocenters. The molecule has 1 atom stereocenters. The summed E-state index contributed by atoms with van der Waals surface area (Å²) in [5.41, 5.74) is 4.29. The van der Waals surface area contributed by atoms with Gasteiger partial charge in [-0.15, -0.1) is 5.10 Å². The molecule has 0 aliphatic heterocycles. The van der Waals surface area contributed by atoms with Crippen molar-refractivity contribution in [2.75, 3.05) is 13.7 Å². The van der Waals surface area contributed by atoms with Gasteiger partial charge >= 0.3 is 0 Å². The number of nitrogens with zero attached hydrogens (tertiary/aromatic N) is 5. The monoisotopic (exact) mass is 499 g/mol. The van der Waals surface area contributed by atoms with Crippen LogP contribution >= 0.6 is 12.2 Å². The standard InChI is InChI=1S/C28H30N6OS/c1-21(2)25-9-4-5-10-26(25)34-27(23-11-13-24(35-3)14-12-23)31-33(28(34)36)20-32(17-7-15-29)19-22-8-6-16-30-18-22/h4-6,8-14,16,18,21H,7,17,19-20H2,1-3H3/p+1. The van der Waals surface area contributed by atoms with E-state index < -0.39 is 0 Å². The van der Waals surface area contributed by atoms with Crippen LogP contribution in [0.1, 0.15) is 37.3 Å². The first-order chi connectivity index (χ1) is 17.5. The van der Waals surface area contributed by atoms with Gasteiger partial charge in [-0.3, -0.25) is 9.55 Å². The van der Waals surface area contributed by atoms with Gasteiger partial charge in [-0.2, -0.15) is 9.94 Å². The van der Waals surface area contributed by atoms with Gasteiger partial charge in [-0.25, -0.2) is 0 Å². The minimum Gasteiger partial charge on any atom is -0.497 e. The Morgan fingerprint density at radius 1 is 1.08 bits per heavy atom. The highest BCUT2D eigenvalue weighted by Crippen LogP contribution is 2.29. The molecule has 2 aromatic heterocycles. The van der Waals surface area contributed by atoms with Crippen LogP contribution in [0.2, 0.25) is 0 Å². The van der Waals surface area contributed by atoms with Gasteiger partial charge < -0.3 is 9.64 Å². The quantitative estimate of drug-likeness (QED) is 0.324. The van der Waals surface area contributed by atoms with Crippen molar-refractivity contribution in [1.82, 2.24) is 19.3 Å². The molecule has 2 heterocycles. The number of aromatic nitrogens is 4. The molecule has 0 fully saturated rings. The summed E-state index contributed by atoms with van der Waals surface area (Å²) in [4.78, 5) is 5.43. The Bertz CT molecular complexity index is 1390. The highest BCUT2D eigenvalue weighted by atomic mass is 32.1. The average molecular weight is 500 g/mol. The summed E-state index contributed by atoms with van der Waals surface area (Å²) in [5.74, 6) is 1.88. The maximum atomic E-state index is 9.24. The van der Waals surface area contributed by atoms with Gasteiger partial charge in [0.2, 0.25) is 4.77 Å². The summed E-state index contributed by atoms with van der Waals surface area (Å²) in [7, 11) is 1.66. The predicted octanol–water partition coefficient (Wildman–Crippen LogP) is 4.55. The average Bonchev–Trinajstić information content (AvgIpc) is 3.23. The lowest BCUT2D eigenvalue weighted by Gasteiger charge is -2.18. The smallest absolute Gasteiger partial charge is 0.207 e. The highest BCUT2D eigenvalue weighted by Gasteiger charge is 2.20. The molecule has 4 aromatic rings. The third kappa shape index (κ3) is 5.70. The van der Waals surface area contributed by atoms with E-state index in [1.54, 1.807) is 13.3 Å². The van der Waals surface area contributed by atoms with Crippen molar-refractivity contribution in [3.63, 3.8) is 0 Å². The van der Waals surface area contributed by atoms with Crippen LogP contribution in [0, 0.1) is 16.1 Å². The van der Waals surface area contributed by atoms with E-state index in [-0.39, 0.29) is 0 Å². The minimum atomic E-state index is 0.318. The highest BCUT2D eigenvalue weighted by molar-refractivity contribution is 7.71. The van der Waals surface area contributed by atoms with Crippen molar-refractivity contribution >= 4 is 12.2 Å². The van der Waals surface area contributed by atoms with Gasteiger partial charge in [-0.05, 0) is 60.1 Å². The number of hydrogen-bond donors (Lipinski definition) is 1. The number of nitriles is 1. The Morgan fingerprint density at radius 3 is 2.53 bits per heavy atom. The molecule has 184 valence electrons. The molecule has 0 spiro atoms. The van der Waals surface area contributed by atoms with E-state index in [1.165, 1.54) is 10.5 Å². The number of hydrogen-bond acceptors (Lipinski definition) is 5. The molecule has 7 nitrogen and oxygen atoms in total. The van der Waals surface area contributed by atoms with E-state index in [4.69, 9.17) is 22.1 Å². The van der Waals surface area contributed by atoms with E-state index in [1.807, 2.05) is 47.3 Å².